The molecule has 0 bridgehead atoms. The predicted octanol–water partition coefficient (Wildman–Crippen LogP) is 1.32. The smallest absolute Gasteiger partial charge is 0.267 e. The zero-order valence-corrected chi connectivity index (χ0v) is 10.9. The van der Waals surface area contributed by atoms with Crippen molar-refractivity contribution in [2.24, 2.45) is 7.05 Å². The van der Waals surface area contributed by atoms with Gasteiger partial charge < -0.3 is 15.2 Å². The second-order valence-electron chi connectivity index (χ2n) is 4.34. The third kappa shape index (κ3) is 3.75. The molecule has 0 aromatic carbocycles. The van der Waals surface area contributed by atoms with Crippen molar-refractivity contribution >= 4 is 18.3 Å². The number of rotatable bonds is 4. The molecular formula is C12H20ClN3O. The number of nitrogens with zero attached hydrogens (tertiary/aromatic N) is 1. The number of amides is 1. The molecule has 1 fully saturated rings. The van der Waals surface area contributed by atoms with Gasteiger partial charge in [-0.05, 0) is 37.9 Å². The van der Waals surface area contributed by atoms with Crippen LogP contribution >= 0.6 is 12.4 Å². The van der Waals surface area contributed by atoms with Gasteiger partial charge in [0.05, 0.1) is 0 Å². The molecule has 1 atom stereocenters. The highest BCUT2D eigenvalue weighted by molar-refractivity contribution is 5.92. The van der Waals surface area contributed by atoms with Gasteiger partial charge in [-0.25, -0.2) is 0 Å². The Morgan fingerprint density at radius 3 is 3.06 bits per heavy atom. The molecular weight excluding hydrogens is 238 g/mol. The van der Waals surface area contributed by atoms with E-state index >= 15 is 0 Å². The number of halogens is 1. The van der Waals surface area contributed by atoms with Crippen LogP contribution in [0.15, 0.2) is 18.3 Å². The summed E-state index contributed by atoms with van der Waals surface area (Å²) in [6.07, 6.45) is 5.40. The lowest BCUT2D eigenvalue weighted by Gasteiger charge is -2.10. The molecule has 5 heteroatoms. The molecule has 2 rings (SSSR count). The molecule has 2 N–H and O–H groups in total. The Morgan fingerprint density at radius 2 is 2.47 bits per heavy atom. The van der Waals surface area contributed by atoms with Crippen molar-refractivity contribution < 1.29 is 4.79 Å². The van der Waals surface area contributed by atoms with E-state index in [9.17, 15) is 4.79 Å². The Morgan fingerprint density at radius 1 is 1.65 bits per heavy atom. The maximum Gasteiger partial charge on any atom is 0.267 e. The van der Waals surface area contributed by atoms with Crippen LogP contribution in [0.3, 0.4) is 0 Å². The number of hydrogen-bond acceptors (Lipinski definition) is 2. The van der Waals surface area contributed by atoms with Crippen LogP contribution in [0.1, 0.15) is 29.8 Å². The largest absolute Gasteiger partial charge is 0.351 e. The Labute approximate surface area is 108 Å². The van der Waals surface area contributed by atoms with Crippen LogP contribution in [0.2, 0.25) is 0 Å². The highest BCUT2D eigenvalue weighted by Crippen LogP contribution is 2.07. The number of aryl methyl sites for hydroxylation is 1. The molecule has 1 aliphatic rings. The molecule has 96 valence electrons. The standard InChI is InChI=1S/C12H19N3O.ClH/c1-15-9-3-5-11(15)12(16)14-8-6-10-4-2-7-13-10;/h3,5,9-10,13H,2,4,6-8H2,1H3,(H,14,16);1H/t10-;/m1./s1. The van der Waals surface area contributed by atoms with E-state index in [4.69, 9.17) is 0 Å². The zero-order valence-electron chi connectivity index (χ0n) is 10.1. The van der Waals surface area contributed by atoms with Gasteiger partial charge in [0.1, 0.15) is 5.69 Å². The quantitative estimate of drug-likeness (QED) is 0.855. The van der Waals surface area contributed by atoms with Gasteiger partial charge in [0, 0.05) is 25.8 Å². The number of hydrogen-bond donors (Lipinski definition) is 2. The second kappa shape index (κ2) is 6.67. The average molecular weight is 258 g/mol. The fraction of sp³-hybridized carbons (Fsp3) is 0.583. The van der Waals surface area contributed by atoms with Gasteiger partial charge in [-0.3, -0.25) is 4.79 Å². The van der Waals surface area contributed by atoms with Crippen molar-refractivity contribution in [2.45, 2.75) is 25.3 Å². The van der Waals surface area contributed by atoms with E-state index in [1.807, 2.05) is 29.9 Å². The van der Waals surface area contributed by atoms with E-state index in [2.05, 4.69) is 10.6 Å². The normalized spacial score (nSPS) is 18.8. The highest BCUT2D eigenvalue weighted by Gasteiger charge is 2.14. The molecule has 0 spiro atoms. The van der Waals surface area contributed by atoms with Gasteiger partial charge in [-0.2, -0.15) is 0 Å². The van der Waals surface area contributed by atoms with Crippen molar-refractivity contribution in [3.63, 3.8) is 0 Å². The molecule has 2 heterocycles. The highest BCUT2D eigenvalue weighted by atomic mass is 35.5. The number of nitrogens with one attached hydrogen (secondary N) is 2. The Hall–Kier alpha value is -1.00. The average Bonchev–Trinajstić information content (AvgIpc) is 2.88. The lowest BCUT2D eigenvalue weighted by molar-refractivity contribution is 0.0944. The van der Waals surface area contributed by atoms with Crippen molar-refractivity contribution in [3.05, 3.63) is 24.0 Å². The fourth-order valence-corrected chi connectivity index (χ4v) is 2.15. The van der Waals surface area contributed by atoms with Crippen LogP contribution in [-0.2, 0) is 7.05 Å². The Bertz CT molecular complexity index is 358. The van der Waals surface area contributed by atoms with E-state index in [-0.39, 0.29) is 18.3 Å². The molecule has 1 aromatic heterocycles. The molecule has 1 aromatic rings. The van der Waals surface area contributed by atoms with Crippen molar-refractivity contribution in [2.75, 3.05) is 13.1 Å². The van der Waals surface area contributed by atoms with Crippen LogP contribution < -0.4 is 10.6 Å². The van der Waals surface area contributed by atoms with Gasteiger partial charge in [-0.15, -0.1) is 12.4 Å². The number of aromatic nitrogens is 1. The molecule has 0 saturated carbocycles. The van der Waals surface area contributed by atoms with Gasteiger partial charge in [0.25, 0.3) is 5.91 Å². The lowest BCUT2D eigenvalue weighted by atomic mass is 10.1. The Kier molecular flexibility index (Phi) is 5.51. The first-order valence-electron chi connectivity index (χ1n) is 5.90. The SMILES string of the molecule is Cl.Cn1cccc1C(=O)NCC[C@H]1CCCN1. The molecule has 1 aliphatic heterocycles. The third-order valence-electron chi connectivity index (χ3n) is 3.12. The summed E-state index contributed by atoms with van der Waals surface area (Å²) in [7, 11) is 1.88. The molecule has 1 saturated heterocycles. The topological polar surface area (TPSA) is 46.1 Å². The van der Waals surface area contributed by atoms with E-state index in [0.717, 1.165) is 25.2 Å². The van der Waals surface area contributed by atoms with Gasteiger partial charge in [-0.1, -0.05) is 0 Å². The zero-order chi connectivity index (χ0) is 11.4. The van der Waals surface area contributed by atoms with Gasteiger partial charge in [0.2, 0.25) is 0 Å². The van der Waals surface area contributed by atoms with Crippen LogP contribution in [0.4, 0.5) is 0 Å². The van der Waals surface area contributed by atoms with E-state index < -0.39 is 0 Å². The summed E-state index contributed by atoms with van der Waals surface area (Å²) in [5.74, 6) is 0.0190. The minimum absolute atomic E-state index is 0. The van der Waals surface area contributed by atoms with E-state index in [1.54, 1.807) is 0 Å². The first-order valence-corrected chi connectivity index (χ1v) is 5.90. The minimum Gasteiger partial charge on any atom is -0.351 e. The fourth-order valence-electron chi connectivity index (χ4n) is 2.15. The number of carbonyl (C=O) groups is 1. The van der Waals surface area contributed by atoms with Crippen LogP contribution in [0.25, 0.3) is 0 Å². The summed E-state index contributed by atoms with van der Waals surface area (Å²) in [5.41, 5.74) is 0.722. The molecule has 17 heavy (non-hydrogen) atoms. The molecule has 0 aliphatic carbocycles. The van der Waals surface area contributed by atoms with Crippen molar-refractivity contribution in [1.29, 1.82) is 0 Å². The summed E-state index contributed by atoms with van der Waals surface area (Å²) in [6.45, 7) is 1.87. The summed E-state index contributed by atoms with van der Waals surface area (Å²) in [5, 5.41) is 6.37. The minimum atomic E-state index is 0. The second-order valence-corrected chi connectivity index (χ2v) is 4.34. The van der Waals surface area contributed by atoms with Crippen LogP contribution in [-0.4, -0.2) is 29.6 Å². The maximum atomic E-state index is 11.7. The van der Waals surface area contributed by atoms with Crippen LogP contribution in [0.5, 0.6) is 0 Å². The predicted molar refractivity (Wildman–Crippen MR) is 70.6 cm³/mol. The monoisotopic (exact) mass is 257 g/mol. The van der Waals surface area contributed by atoms with Crippen molar-refractivity contribution in [1.82, 2.24) is 15.2 Å². The molecule has 0 radical (unpaired) electrons. The summed E-state index contributed by atoms with van der Waals surface area (Å²) in [4.78, 5) is 11.7. The van der Waals surface area contributed by atoms with Crippen molar-refractivity contribution in [3.8, 4) is 0 Å². The van der Waals surface area contributed by atoms with E-state index in [0.29, 0.717) is 6.04 Å². The summed E-state index contributed by atoms with van der Waals surface area (Å²) >= 11 is 0. The van der Waals surface area contributed by atoms with Gasteiger partial charge in [0.15, 0.2) is 0 Å². The maximum absolute atomic E-state index is 11.7. The summed E-state index contributed by atoms with van der Waals surface area (Å²) in [6, 6.07) is 4.31. The third-order valence-corrected chi connectivity index (χ3v) is 3.12. The van der Waals surface area contributed by atoms with Crippen LogP contribution in [0, 0.1) is 0 Å². The summed E-state index contributed by atoms with van der Waals surface area (Å²) < 4.78 is 1.84. The van der Waals surface area contributed by atoms with Gasteiger partial charge >= 0.3 is 0 Å². The van der Waals surface area contributed by atoms with E-state index in [1.165, 1.54) is 12.8 Å². The first-order chi connectivity index (χ1) is 7.77. The Balaban J connectivity index is 0.00000144. The molecule has 1 amide bonds. The number of carbonyl (C=O) groups excluding carboxylic acids is 1. The first kappa shape index (κ1) is 14.1. The molecule has 4 nitrogen and oxygen atoms in total. The molecule has 0 unspecified atom stereocenters. The lowest BCUT2D eigenvalue weighted by Crippen LogP contribution is -2.31.